The Morgan fingerprint density at radius 1 is 0.938 bits per heavy atom. The van der Waals surface area contributed by atoms with Crippen molar-refractivity contribution in [3.63, 3.8) is 0 Å². The van der Waals surface area contributed by atoms with E-state index < -0.39 is 15.9 Å². The van der Waals surface area contributed by atoms with E-state index in [1.807, 2.05) is 32.0 Å². The molecule has 8 heteroatoms. The summed E-state index contributed by atoms with van der Waals surface area (Å²) >= 11 is 0. The predicted octanol–water partition coefficient (Wildman–Crippen LogP) is 3.32. The molecule has 2 heterocycles. The number of amides is 2. The second-order valence-corrected chi connectivity index (χ2v) is 10.4. The zero-order valence-corrected chi connectivity index (χ0v) is 19.1. The molecule has 4 rings (SSSR count). The Balaban J connectivity index is 1.72. The Labute approximate surface area is 188 Å². The largest absolute Gasteiger partial charge is 0.350 e. The van der Waals surface area contributed by atoms with Gasteiger partial charge in [-0.15, -0.1) is 0 Å². The van der Waals surface area contributed by atoms with Crippen LogP contribution in [0.15, 0.2) is 65.2 Å². The van der Waals surface area contributed by atoms with Crippen molar-refractivity contribution in [1.82, 2.24) is 9.21 Å². The molecule has 0 radical (unpaired) electrons. The summed E-state index contributed by atoms with van der Waals surface area (Å²) in [6.45, 7) is 5.23. The first-order valence-corrected chi connectivity index (χ1v) is 12.3. The molecule has 0 bridgehead atoms. The molecule has 1 fully saturated rings. The van der Waals surface area contributed by atoms with Crippen molar-refractivity contribution >= 4 is 33.1 Å². The van der Waals surface area contributed by atoms with Crippen LogP contribution in [-0.4, -0.2) is 49.1 Å². The third kappa shape index (κ3) is 4.20. The standard InChI is InChI=1S/C24H27N3O4S/c1-17(2)16-27-23(28)21(18-9-4-3-5-10-18)22(24(27)29)25-19-11-8-12-20(15-19)32(30,31)26-13-6-7-14-26/h3-5,8-12,15,17,25H,6-7,13-14,16H2,1-2H3. The maximum atomic E-state index is 13.2. The highest BCUT2D eigenvalue weighted by molar-refractivity contribution is 7.89. The molecule has 2 aromatic rings. The first-order chi connectivity index (χ1) is 15.3. The van der Waals surface area contributed by atoms with Crippen molar-refractivity contribution in [2.75, 3.05) is 25.0 Å². The molecule has 0 unspecified atom stereocenters. The monoisotopic (exact) mass is 453 g/mol. The van der Waals surface area contributed by atoms with Gasteiger partial charge in [0.2, 0.25) is 10.0 Å². The quantitative estimate of drug-likeness (QED) is 0.650. The van der Waals surface area contributed by atoms with Crippen molar-refractivity contribution in [3.8, 4) is 0 Å². The third-order valence-electron chi connectivity index (χ3n) is 5.58. The Kier molecular flexibility index (Phi) is 6.17. The number of carbonyl (C=O) groups is 2. The fraction of sp³-hybridized carbons (Fsp3) is 0.333. The topological polar surface area (TPSA) is 86.8 Å². The maximum Gasteiger partial charge on any atom is 0.278 e. The zero-order chi connectivity index (χ0) is 22.9. The van der Waals surface area contributed by atoms with Crippen molar-refractivity contribution in [2.24, 2.45) is 5.92 Å². The van der Waals surface area contributed by atoms with Gasteiger partial charge in [0.25, 0.3) is 11.8 Å². The number of imide groups is 1. The summed E-state index contributed by atoms with van der Waals surface area (Å²) in [6, 6.07) is 15.5. The maximum absolute atomic E-state index is 13.2. The summed E-state index contributed by atoms with van der Waals surface area (Å²) in [6.07, 6.45) is 1.71. The number of sulfonamides is 1. The third-order valence-corrected chi connectivity index (χ3v) is 7.48. The summed E-state index contributed by atoms with van der Waals surface area (Å²) in [7, 11) is -3.60. The Bertz CT molecular complexity index is 1170. The van der Waals surface area contributed by atoms with Crippen molar-refractivity contribution in [1.29, 1.82) is 0 Å². The van der Waals surface area contributed by atoms with Gasteiger partial charge in [-0.2, -0.15) is 4.31 Å². The van der Waals surface area contributed by atoms with Crippen LogP contribution in [0.25, 0.3) is 5.57 Å². The smallest absolute Gasteiger partial charge is 0.278 e. The number of anilines is 1. The molecule has 1 saturated heterocycles. The zero-order valence-electron chi connectivity index (χ0n) is 18.2. The molecule has 2 aromatic carbocycles. The van der Waals surface area contributed by atoms with Gasteiger partial charge < -0.3 is 5.32 Å². The van der Waals surface area contributed by atoms with Gasteiger partial charge in [-0.3, -0.25) is 14.5 Å². The van der Waals surface area contributed by atoms with Gasteiger partial charge in [-0.1, -0.05) is 50.2 Å². The average Bonchev–Trinajstić information content (AvgIpc) is 3.39. The first kappa shape index (κ1) is 22.2. The molecule has 7 nitrogen and oxygen atoms in total. The van der Waals surface area contributed by atoms with Crippen LogP contribution >= 0.6 is 0 Å². The molecular weight excluding hydrogens is 426 g/mol. The van der Waals surface area contributed by atoms with E-state index in [-0.39, 0.29) is 22.4 Å². The number of nitrogens with zero attached hydrogens (tertiary/aromatic N) is 2. The average molecular weight is 454 g/mol. The van der Waals surface area contributed by atoms with Crippen molar-refractivity contribution < 1.29 is 18.0 Å². The van der Waals surface area contributed by atoms with Crippen LogP contribution in [0.2, 0.25) is 0 Å². The highest BCUT2D eigenvalue weighted by Crippen LogP contribution is 2.32. The van der Waals surface area contributed by atoms with E-state index in [4.69, 9.17) is 0 Å². The van der Waals surface area contributed by atoms with E-state index in [9.17, 15) is 18.0 Å². The second kappa shape index (κ2) is 8.88. The molecule has 32 heavy (non-hydrogen) atoms. The van der Waals surface area contributed by atoms with Crippen molar-refractivity contribution in [3.05, 3.63) is 65.9 Å². The van der Waals surface area contributed by atoms with Gasteiger partial charge in [0.05, 0.1) is 10.5 Å². The fourth-order valence-corrected chi connectivity index (χ4v) is 5.62. The van der Waals surface area contributed by atoms with Gasteiger partial charge >= 0.3 is 0 Å². The fourth-order valence-electron chi connectivity index (χ4n) is 4.05. The molecule has 1 N–H and O–H groups in total. The number of hydrogen-bond donors (Lipinski definition) is 1. The van der Waals surface area contributed by atoms with Crippen LogP contribution in [-0.2, 0) is 19.6 Å². The van der Waals surface area contributed by atoms with Gasteiger partial charge in [0, 0.05) is 25.3 Å². The molecule has 2 aliphatic heterocycles. The normalized spacial score (nSPS) is 17.7. The SMILES string of the molecule is CC(C)CN1C(=O)C(Nc2cccc(S(=O)(=O)N3CCCC3)c2)=C(c2ccccc2)C1=O. The summed E-state index contributed by atoms with van der Waals surface area (Å²) in [4.78, 5) is 27.8. The van der Waals surface area contributed by atoms with Gasteiger partial charge in [-0.05, 0) is 42.5 Å². The minimum atomic E-state index is -3.60. The van der Waals surface area contributed by atoms with E-state index in [1.165, 1.54) is 15.3 Å². The first-order valence-electron chi connectivity index (χ1n) is 10.8. The Morgan fingerprint density at radius 2 is 1.62 bits per heavy atom. The number of carbonyl (C=O) groups excluding carboxylic acids is 2. The number of benzene rings is 2. The number of nitrogens with one attached hydrogen (secondary N) is 1. The summed E-state index contributed by atoms with van der Waals surface area (Å²) < 4.78 is 27.4. The van der Waals surface area contributed by atoms with E-state index in [2.05, 4.69) is 5.32 Å². The molecule has 2 aliphatic rings. The van der Waals surface area contributed by atoms with Crippen LogP contribution in [0.5, 0.6) is 0 Å². The van der Waals surface area contributed by atoms with Gasteiger partial charge in [-0.25, -0.2) is 8.42 Å². The van der Waals surface area contributed by atoms with Crippen LogP contribution in [0.3, 0.4) is 0 Å². The van der Waals surface area contributed by atoms with E-state index in [0.717, 1.165) is 12.8 Å². The van der Waals surface area contributed by atoms with Crippen LogP contribution < -0.4 is 5.32 Å². The van der Waals surface area contributed by atoms with Crippen LogP contribution in [0.1, 0.15) is 32.3 Å². The Hall–Kier alpha value is -2.97. The van der Waals surface area contributed by atoms with Crippen LogP contribution in [0.4, 0.5) is 5.69 Å². The summed E-state index contributed by atoms with van der Waals surface area (Å²) in [5, 5.41) is 3.06. The van der Waals surface area contributed by atoms with E-state index in [1.54, 1.807) is 30.3 Å². The molecular formula is C24H27N3O4S. The van der Waals surface area contributed by atoms with Crippen molar-refractivity contribution in [2.45, 2.75) is 31.6 Å². The number of rotatable bonds is 7. The Morgan fingerprint density at radius 3 is 2.28 bits per heavy atom. The number of hydrogen-bond acceptors (Lipinski definition) is 5. The van der Waals surface area contributed by atoms with Crippen LogP contribution in [0, 0.1) is 5.92 Å². The van der Waals surface area contributed by atoms with Gasteiger partial charge in [0.1, 0.15) is 5.70 Å². The summed E-state index contributed by atoms with van der Waals surface area (Å²) in [5.41, 5.74) is 1.54. The lowest BCUT2D eigenvalue weighted by atomic mass is 10.0. The highest BCUT2D eigenvalue weighted by Gasteiger charge is 2.39. The molecule has 0 atom stereocenters. The highest BCUT2D eigenvalue weighted by atomic mass is 32.2. The lowest BCUT2D eigenvalue weighted by Crippen LogP contribution is -2.35. The van der Waals surface area contributed by atoms with E-state index >= 15 is 0 Å². The van der Waals surface area contributed by atoms with Gasteiger partial charge in [0.15, 0.2) is 0 Å². The second-order valence-electron chi connectivity index (χ2n) is 8.49. The lowest BCUT2D eigenvalue weighted by molar-refractivity contribution is -0.137. The molecule has 0 spiro atoms. The van der Waals surface area contributed by atoms with E-state index in [0.29, 0.717) is 36.5 Å². The predicted molar refractivity (Wildman–Crippen MR) is 123 cm³/mol. The minimum absolute atomic E-state index is 0.119. The molecule has 0 aromatic heterocycles. The molecule has 168 valence electrons. The summed E-state index contributed by atoms with van der Waals surface area (Å²) in [5.74, 6) is -0.637. The molecule has 0 saturated carbocycles. The minimum Gasteiger partial charge on any atom is -0.350 e. The lowest BCUT2D eigenvalue weighted by Gasteiger charge is -2.18. The molecule has 2 amide bonds. The molecule has 0 aliphatic carbocycles.